The van der Waals surface area contributed by atoms with E-state index < -0.39 is 0 Å². The summed E-state index contributed by atoms with van der Waals surface area (Å²) in [5, 5.41) is 5.85. The summed E-state index contributed by atoms with van der Waals surface area (Å²) in [6.45, 7) is 0. The van der Waals surface area contributed by atoms with Crippen molar-refractivity contribution in [3.05, 3.63) is 164 Å². The number of hydrogen-bond acceptors (Lipinski definition) is 4. The van der Waals surface area contributed by atoms with Gasteiger partial charge in [0.2, 0.25) is 5.88 Å². The fourth-order valence-electron chi connectivity index (χ4n) is 6.48. The topological polar surface area (TPSA) is 49.2 Å². The monoisotopic (exact) mass is 605 g/mol. The zero-order valence-electron chi connectivity index (χ0n) is 25.2. The molecule has 3 aromatic heterocycles. The zero-order valence-corrected chi connectivity index (χ0v) is 25.2. The van der Waals surface area contributed by atoms with Gasteiger partial charge in [0, 0.05) is 45.4 Å². The van der Waals surface area contributed by atoms with Crippen molar-refractivity contribution in [1.29, 1.82) is 0 Å². The highest BCUT2D eigenvalue weighted by molar-refractivity contribution is 6.11. The minimum absolute atomic E-state index is 0.498. The lowest BCUT2D eigenvalue weighted by Crippen LogP contribution is -1.96. The molecular weight excluding hydrogens is 578 g/mol. The van der Waals surface area contributed by atoms with E-state index in [4.69, 9.17) is 14.5 Å². The summed E-state index contributed by atoms with van der Waals surface area (Å²) in [6.07, 6.45) is 1.78. The molecule has 0 aliphatic heterocycles. The van der Waals surface area contributed by atoms with Crippen LogP contribution < -0.4 is 9.47 Å². The molecule has 5 heteroatoms. The van der Waals surface area contributed by atoms with Gasteiger partial charge < -0.3 is 14.0 Å². The highest BCUT2D eigenvalue weighted by Gasteiger charge is 2.14. The Morgan fingerprint density at radius 3 is 1.81 bits per heavy atom. The Bertz CT molecular complexity index is 2550. The second-order valence-corrected chi connectivity index (χ2v) is 11.5. The Morgan fingerprint density at radius 2 is 1.04 bits per heavy atom. The molecule has 6 aromatic carbocycles. The van der Waals surface area contributed by atoms with Gasteiger partial charge in [-0.3, -0.25) is 0 Å². The van der Waals surface area contributed by atoms with Crippen molar-refractivity contribution in [3.63, 3.8) is 0 Å². The quantitative estimate of drug-likeness (QED) is 0.177. The molecule has 0 saturated heterocycles. The van der Waals surface area contributed by atoms with Crippen molar-refractivity contribution in [1.82, 2.24) is 14.5 Å². The standard InChI is InChI=1S/C42H27N3O2/c1-2-19-37-33(15-1)34-16-3-6-20-38(34)44-42(37)28-11-9-12-30(25-28)46-31-13-10-14-32(27-31)47-41-26-29(23-24-43-41)45-39-21-7-4-17-35(39)36-18-5-8-22-40(36)45/h1-27H. The SMILES string of the molecule is c1cc(Oc2cccc(-c3nc4ccccc4c4ccccc34)c2)cc(Oc2cc(-n3c4ccccc4c4ccccc43)ccn2)c1. The molecule has 0 aliphatic carbocycles. The lowest BCUT2D eigenvalue weighted by Gasteiger charge is -2.12. The van der Waals surface area contributed by atoms with Gasteiger partial charge in [0.15, 0.2) is 0 Å². The lowest BCUT2D eigenvalue weighted by molar-refractivity contribution is 0.449. The van der Waals surface area contributed by atoms with Crippen LogP contribution in [0, 0.1) is 0 Å². The first-order valence-corrected chi connectivity index (χ1v) is 15.6. The maximum Gasteiger partial charge on any atom is 0.221 e. The third-order valence-electron chi connectivity index (χ3n) is 8.54. The third-order valence-corrected chi connectivity index (χ3v) is 8.54. The predicted molar refractivity (Wildman–Crippen MR) is 190 cm³/mol. The van der Waals surface area contributed by atoms with Gasteiger partial charge in [0.05, 0.1) is 27.9 Å². The normalized spacial score (nSPS) is 11.4. The number of nitrogens with zero attached hydrogens (tertiary/aromatic N) is 3. The van der Waals surface area contributed by atoms with E-state index in [1.54, 1.807) is 6.20 Å². The number of aromatic nitrogens is 3. The summed E-state index contributed by atoms with van der Waals surface area (Å²) in [6, 6.07) is 53.2. The van der Waals surface area contributed by atoms with Crippen molar-refractivity contribution in [2.24, 2.45) is 0 Å². The number of rotatable bonds is 6. The lowest BCUT2D eigenvalue weighted by atomic mass is 10.00. The summed E-state index contributed by atoms with van der Waals surface area (Å²) < 4.78 is 14.9. The Morgan fingerprint density at radius 1 is 0.447 bits per heavy atom. The van der Waals surface area contributed by atoms with Crippen molar-refractivity contribution >= 4 is 43.5 Å². The number of hydrogen-bond donors (Lipinski definition) is 0. The van der Waals surface area contributed by atoms with Crippen molar-refractivity contribution in [2.45, 2.75) is 0 Å². The Kier molecular flexibility index (Phi) is 6.39. The van der Waals surface area contributed by atoms with Crippen LogP contribution >= 0.6 is 0 Å². The van der Waals surface area contributed by atoms with E-state index in [1.807, 2.05) is 60.7 Å². The van der Waals surface area contributed by atoms with Crippen LogP contribution in [0.25, 0.3) is 60.4 Å². The predicted octanol–water partition coefficient (Wildman–Crippen LogP) is 11.1. The van der Waals surface area contributed by atoms with E-state index in [2.05, 4.69) is 107 Å². The zero-order chi connectivity index (χ0) is 31.2. The molecule has 0 aliphatic rings. The molecule has 0 atom stereocenters. The van der Waals surface area contributed by atoms with Crippen LogP contribution in [-0.2, 0) is 0 Å². The van der Waals surface area contributed by atoms with Gasteiger partial charge in [0.1, 0.15) is 17.2 Å². The summed E-state index contributed by atoms with van der Waals surface area (Å²) in [5.74, 6) is 2.50. The first-order valence-electron chi connectivity index (χ1n) is 15.6. The summed E-state index contributed by atoms with van der Waals surface area (Å²) in [5.41, 5.74) is 6.13. The first kappa shape index (κ1) is 26.9. The molecule has 0 fully saturated rings. The van der Waals surface area contributed by atoms with Gasteiger partial charge in [-0.2, -0.15) is 0 Å². The highest BCUT2D eigenvalue weighted by atomic mass is 16.5. The van der Waals surface area contributed by atoms with Crippen LogP contribution in [0.1, 0.15) is 0 Å². The molecule has 9 aromatic rings. The molecule has 0 radical (unpaired) electrons. The van der Waals surface area contributed by atoms with Crippen molar-refractivity contribution < 1.29 is 9.47 Å². The molecule has 0 amide bonds. The number of ether oxygens (including phenoxy) is 2. The van der Waals surface area contributed by atoms with E-state index in [0.29, 0.717) is 23.1 Å². The van der Waals surface area contributed by atoms with Crippen LogP contribution in [0.4, 0.5) is 0 Å². The third kappa shape index (κ3) is 4.82. The van der Waals surface area contributed by atoms with E-state index in [-0.39, 0.29) is 0 Å². The van der Waals surface area contributed by atoms with Crippen LogP contribution in [0.15, 0.2) is 164 Å². The molecule has 3 heterocycles. The molecule has 9 rings (SSSR count). The van der Waals surface area contributed by atoms with Crippen LogP contribution in [0.2, 0.25) is 0 Å². The molecule has 47 heavy (non-hydrogen) atoms. The maximum absolute atomic E-state index is 6.37. The van der Waals surface area contributed by atoms with Gasteiger partial charge in [-0.25, -0.2) is 9.97 Å². The second kappa shape index (κ2) is 11.2. The summed E-state index contributed by atoms with van der Waals surface area (Å²) in [7, 11) is 0. The summed E-state index contributed by atoms with van der Waals surface area (Å²) >= 11 is 0. The molecule has 0 bridgehead atoms. The fourth-order valence-corrected chi connectivity index (χ4v) is 6.48. The van der Waals surface area contributed by atoms with E-state index in [9.17, 15) is 0 Å². The maximum atomic E-state index is 6.37. The molecule has 0 unspecified atom stereocenters. The first-order chi connectivity index (χ1) is 23.3. The van der Waals surface area contributed by atoms with Crippen molar-refractivity contribution in [3.8, 4) is 40.1 Å². The minimum Gasteiger partial charge on any atom is -0.457 e. The number of fused-ring (bicyclic) bond motifs is 6. The van der Waals surface area contributed by atoms with Crippen LogP contribution in [0.3, 0.4) is 0 Å². The Hall–Kier alpha value is -6.46. The Balaban J connectivity index is 1.02. The highest BCUT2D eigenvalue weighted by Crippen LogP contribution is 2.36. The van der Waals surface area contributed by atoms with E-state index in [1.165, 1.54) is 16.2 Å². The molecule has 0 saturated carbocycles. The fraction of sp³-hybridized carbons (Fsp3) is 0. The largest absolute Gasteiger partial charge is 0.457 e. The second-order valence-electron chi connectivity index (χ2n) is 11.5. The van der Waals surface area contributed by atoms with Gasteiger partial charge >= 0.3 is 0 Å². The molecule has 0 N–H and O–H groups in total. The molecule has 5 nitrogen and oxygen atoms in total. The van der Waals surface area contributed by atoms with Crippen molar-refractivity contribution in [2.75, 3.05) is 0 Å². The van der Waals surface area contributed by atoms with Gasteiger partial charge in [-0.05, 0) is 53.9 Å². The average molecular weight is 606 g/mol. The number of benzene rings is 6. The van der Waals surface area contributed by atoms with Gasteiger partial charge in [-0.1, -0.05) is 97.1 Å². The average Bonchev–Trinajstić information content (AvgIpc) is 3.46. The van der Waals surface area contributed by atoms with E-state index >= 15 is 0 Å². The minimum atomic E-state index is 0.498. The molecule has 0 spiro atoms. The number of para-hydroxylation sites is 3. The van der Waals surface area contributed by atoms with Gasteiger partial charge in [-0.15, -0.1) is 0 Å². The summed E-state index contributed by atoms with van der Waals surface area (Å²) in [4.78, 5) is 9.58. The molecular formula is C42H27N3O2. The van der Waals surface area contributed by atoms with Crippen LogP contribution in [0.5, 0.6) is 23.1 Å². The van der Waals surface area contributed by atoms with E-state index in [0.717, 1.165) is 44.3 Å². The molecule has 222 valence electrons. The Labute approximate surface area is 270 Å². The number of pyridine rings is 2. The smallest absolute Gasteiger partial charge is 0.221 e. The van der Waals surface area contributed by atoms with Crippen LogP contribution in [-0.4, -0.2) is 14.5 Å². The van der Waals surface area contributed by atoms with Gasteiger partial charge in [0.25, 0.3) is 0 Å².